The van der Waals surface area contributed by atoms with Crippen LogP contribution in [0.4, 0.5) is 20.3 Å². The van der Waals surface area contributed by atoms with Gasteiger partial charge in [-0.05, 0) is 82.7 Å². The Balaban J connectivity index is 0.00000129. The zero-order valence-electron chi connectivity index (χ0n) is 25.4. The summed E-state index contributed by atoms with van der Waals surface area (Å²) in [5, 5.41) is 11.6. The summed E-state index contributed by atoms with van der Waals surface area (Å²) in [7, 11) is 0. The van der Waals surface area contributed by atoms with Crippen molar-refractivity contribution in [2.75, 3.05) is 16.8 Å². The van der Waals surface area contributed by atoms with Gasteiger partial charge in [0.2, 0.25) is 11.8 Å². The quantitative estimate of drug-likeness (QED) is 0.207. The van der Waals surface area contributed by atoms with Crippen molar-refractivity contribution in [2.45, 2.75) is 98.2 Å². The molecular weight excluding hydrogens is 522 g/mol. The minimum atomic E-state index is -2.71. The van der Waals surface area contributed by atoms with E-state index in [0.29, 0.717) is 30.3 Å². The lowest BCUT2D eigenvalue weighted by molar-refractivity contribution is -0.115. The number of terminal acetylenes is 1. The number of ether oxygens (including phenoxy) is 1. The molecule has 0 saturated carbocycles. The van der Waals surface area contributed by atoms with E-state index in [2.05, 4.69) is 71.4 Å². The van der Waals surface area contributed by atoms with Crippen molar-refractivity contribution < 1.29 is 18.3 Å². The number of hydrogen-bond acceptors (Lipinski definition) is 6. The molecule has 2 atom stereocenters. The van der Waals surface area contributed by atoms with E-state index in [-0.39, 0.29) is 18.8 Å². The maximum Gasteiger partial charge on any atom is 0.248 e. The van der Waals surface area contributed by atoms with Crippen LogP contribution in [0.5, 0.6) is 5.88 Å². The number of ketones is 1. The molecule has 2 heterocycles. The molecule has 2 aromatic rings. The minimum Gasteiger partial charge on any atom is -0.472 e. The van der Waals surface area contributed by atoms with Crippen LogP contribution < -0.4 is 15.0 Å². The lowest BCUT2D eigenvalue weighted by Gasteiger charge is -2.32. The van der Waals surface area contributed by atoms with Gasteiger partial charge in [-0.2, -0.15) is 0 Å². The topological polar surface area (TPSA) is 67.3 Å². The Labute approximate surface area is 245 Å². The molecule has 41 heavy (non-hydrogen) atoms. The van der Waals surface area contributed by atoms with Crippen LogP contribution in [0.25, 0.3) is 0 Å². The number of carbonyl (C=O) groups is 1. The van der Waals surface area contributed by atoms with Gasteiger partial charge < -0.3 is 19.7 Å². The minimum absolute atomic E-state index is 0.167. The molecule has 0 spiro atoms. The van der Waals surface area contributed by atoms with Crippen LogP contribution in [0.2, 0.25) is 0 Å². The number of allylic oxidation sites excluding steroid dienone is 2. The molecule has 2 unspecified atom stereocenters. The Hall–Kier alpha value is -3.73. The lowest BCUT2D eigenvalue weighted by atomic mass is 10.1. The van der Waals surface area contributed by atoms with Gasteiger partial charge in [-0.25, -0.2) is 8.78 Å². The first kappa shape index (κ1) is 35.3. The molecule has 0 aliphatic carbocycles. The van der Waals surface area contributed by atoms with Gasteiger partial charge in [0.1, 0.15) is 18.2 Å². The molecule has 1 aromatic heterocycles. The number of Topliss-reactive ketones (excluding diaryl/α,β-unsaturated/α-hetero) is 1. The first-order valence-electron chi connectivity index (χ1n) is 14.1. The van der Waals surface area contributed by atoms with E-state index in [1.165, 1.54) is 56.9 Å². The summed E-state index contributed by atoms with van der Waals surface area (Å²) in [6, 6.07) is 13.6. The second kappa shape index (κ2) is 18.6. The molecule has 0 amide bonds. The summed E-state index contributed by atoms with van der Waals surface area (Å²) in [6.07, 6.45) is 17.6. The van der Waals surface area contributed by atoms with Gasteiger partial charge >= 0.3 is 0 Å². The average Bonchev–Trinajstić information content (AvgIpc) is 3.38. The fourth-order valence-corrected chi connectivity index (χ4v) is 4.46. The number of aromatic nitrogens is 2. The third kappa shape index (κ3) is 13.5. The second-order valence-electron chi connectivity index (χ2n) is 10.1. The number of halogens is 2. The number of nitrogens with one attached hydrogen (secondary N) is 1. The zero-order chi connectivity index (χ0) is 30.8. The molecule has 224 valence electrons. The maximum atomic E-state index is 12.9. The van der Waals surface area contributed by atoms with Crippen LogP contribution in [0, 0.1) is 12.8 Å². The molecular formula is C33H46F2N4O2. The van der Waals surface area contributed by atoms with Crippen molar-refractivity contribution in [2.24, 2.45) is 0 Å². The van der Waals surface area contributed by atoms with Crippen LogP contribution in [0.15, 0.2) is 60.2 Å². The van der Waals surface area contributed by atoms with Crippen molar-refractivity contribution in [1.82, 2.24) is 10.2 Å². The number of benzene rings is 1. The van der Waals surface area contributed by atoms with E-state index >= 15 is 0 Å². The van der Waals surface area contributed by atoms with Crippen LogP contribution in [0.3, 0.4) is 0 Å². The van der Waals surface area contributed by atoms with E-state index in [4.69, 9.17) is 4.74 Å². The van der Waals surface area contributed by atoms with Gasteiger partial charge in [-0.3, -0.25) is 0 Å². The van der Waals surface area contributed by atoms with Crippen LogP contribution in [-0.2, 0) is 11.3 Å². The Kier molecular flexibility index (Phi) is 16.0. The SMILES string of the molecule is C#C.C/C=C(\C=C/CC(C)(F)F)COc1ccc(NCc2ccc(N3C(CC)CCC3CC)cc2)nn1.CC(C)=O. The maximum absolute atomic E-state index is 12.9. The zero-order valence-corrected chi connectivity index (χ0v) is 25.4. The summed E-state index contributed by atoms with van der Waals surface area (Å²) >= 11 is 0. The highest BCUT2D eigenvalue weighted by Crippen LogP contribution is 2.33. The van der Waals surface area contributed by atoms with Gasteiger partial charge in [-0.15, -0.1) is 23.0 Å². The molecule has 8 heteroatoms. The summed E-state index contributed by atoms with van der Waals surface area (Å²) in [4.78, 5) is 12.1. The molecule has 1 aliphatic heterocycles. The van der Waals surface area contributed by atoms with Crippen molar-refractivity contribution in [1.29, 1.82) is 0 Å². The molecule has 1 aromatic carbocycles. The van der Waals surface area contributed by atoms with E-state index in [9.17, 15) is 13.6 Å². The van der Waals surface area contributed by atoms with E-state index in [1.54, 1.807) is 12.1 Å². The fourth-order valence-electron chi connectivity index (χ4n) is 4.46. The van der Waals surface area contributed by atoms with Crippen LogP contribution >= 0.6 is 0 Å². The smallest absolute Gasteiger partial charge is 0.248 e. The highest BCUT2D eigenvalue weighted by molar-refractivity contribution is 5.72. The summed E-state index contributed by atoms with van der Waals surface area (Å²) < 4.78 is 31.5. The fraction of sp³-hybridized carbons (Fsp3) is 0.485. The normalized spacial score (nSPS) is 16.8. The predicted molar refractivity (Wildman–Crippen MR) is 166 cm³/mol. The first-order chi connectivity index (χ1) is 19.6. The Bertz CT molecular complexity index is 1090. The molecule has 1 N–H and O–H groups in total. The molecule has 1 fully saturated rings. The van der Waals surface area contributed by atoms with Gasteiger partial charge in [0, 0.05) is 36.8 Å². The number of carbonyl (C=O) groups excluding carboxylic acids is 1. The standard InChI is InChI=1S/C28H38F2N4O.C3H6O.C2H2/c1-5-21(9-8-18-28(4,29)30)20-35-27-17-16-26(32-33-27)31-19-22-10-12-25(13-11-22)34-23(6-2)14-15-24(34)7-3;1-3(2)4;1-2/h5,8-13,16-17,23-24H,6-7,14-15,18-20H2,1-4H3,(H,31,32);1-2H3;1-2H/b9-8-,21-5+;;. The second-order valence-corrected chi connectivity index (χ2v) is 10.1. The molecule has 1 saturated heterocycles. The Morgan fingerprint density at radius 1 is 1.07 bits per heavy atom. The summed E-state index contributed by atoms with van der Waals surface area (Å²) in [5.74, 6) is -1.50. The third-order valence-corrected chi connectivity index (χ3v) is 6.48. The monoisotopic (exact) mass is 568 g/mol. The summed E-state index contributed by atoms with van der Waals surface area (Å²) in [5.41, 5.74) is 3.29. The number of alkyl halides is 2. The number of nitrogens with zero attached hydrogens (tertiary/aromatic N) is 3. The highest BCUT2D eigenvalue weighted by atomic mass is 19.3. The van der Waals surface area contributed by atoms with Gasteiger partial charge in [0.05, 0.1) is 0 Å². The van der Waals surface area contributed by atoms with Crippen LogP contribution in [-0.4, -0.2) is 40.6 Å². The molecule has 0 radical (unpaired) electrons. The Morgan fingerprint density at radius 3 is 2.12 bits per heavy atom. The van der Waals surface area contributed by atoms with Crippen molar-refractivity contribution >= 4 is 17.3 Å². The van der Waals surface area contributed by atoms with Crippen molar-refractivity contribution in [3.8, 4) is 18.7 Å². The molecule has 1 aliphatic rings. The molecule has 3 rings (SSSR count). The van der Waals surface area contributed by atoms with E-state index < -0.39 is 5.92 Å². The van der Waals surface area contributed by atoms with Crippen molar-refractivity contribution in [3.05, 3.63) is 65.8 Å². The van der Waals surface area contributed by atoms with Gasteiger partial charge in [-0.1, -0.05) is 44.2 Å². The largest absolute Gasteiger partial charge is 0.472 e. The van der Waals surface area contributed by atoms with Gasteiger partial charge in [0.15, 0.2) is 0 Å². The Morgan fingerprint density at radius 2 is 1.66 bits per heavy atom. The number of anilines is 2. The van der Waals surface area contributed by atoms with E-state index in [1.807, 2.05) is 19.1 Å². The van der Waals surface area contributed by atoms with Crippen molar-refractivity contribution in [3.63, 3.8) is 0 Å². The third-order valence-electron chi connectivity index (χ3n) is 6.48. The number of rotatable bonds is 12. The van der Waals surface area contributed by atoms with Crippen LogP contribution in [0.1, 0.15) is 79.2 Å². The lowest BCUT2D eigenvalue weighted by Crippen LogP contribution is -2.35. The number of hydrogen-bond donors (Lipinski definition) is 1. The molecule has 0 bridgehead atoms. The predicted octanol–water partition coefficient (Wildman–Crippen LogP) is 8.02. The average molecular weight is 569 g/mol. The van der Waals surface area contributed by atoms with E-state index in [0.717, 1.165) is 12.5 Å². The highest BCUT2D eigenvalue weighted by Gasteiger charge is 2.31. The van der Waals surface area contributed by atoms with Gasteiger partial charge in [0.25, 0.3) is 0 Å². The molecule has 6 nitrogen and oxygen atoms in total. The first-order valence-corrected chi connectivity index (χ1v) is 14.1. The summed E-state index contributed by atoms with van der Waals surface area (Å²) in [6.45, 7) is 11.2.